The molecular weight excluding hydrogens is 354 g/mol. The lowest BCUT2D eigenvalue weighted by Gasteiger charge is -2.23. The van der Waals surface area contributed by atoms with Gasteiger partial charge in [0, 0.05) is 13.0 Å². The second-order valence-corrected chi connectivity index (χ2v) is 7.01. The summed E-state index contributed by atoms with van der Waals surface area (Å²) in [6, 6.07) is 6.49. The third-order valence-corrected chi connectivity index (χ3v) is 4.43. The number of nitrogens with zero attached hydrogens (tertiary/aromatic N) is 1. The van der Waals surface area contributed by atoms with Crippen molar-refractivity contribution in [3.63, 3.8) is 0 Å². The van der Waals surface area contributed by atoms with Crippen LogP contribution in [-0.2, 0) is 10.3 Å². The molecule has 3 amide bonds. The van der Waals surface area contributed by atoms with E-state index in [-0.39, 0.29) is 5.11 Å². The van der Waals surface area contributed by atoms with E-state index in [1.165, 1.54) is 4.90 Å². The molecule has 26 heavy (non-hydrogen) atoms. The minimum absolute atomic E-state index is 0.233. The molecule has 0 radical (unpaired) electrons. The average Bonchev–Trinajstić information content (AvgIpc) is 2.83. The Morgan fingerprint density at radius 1 is 1.38 bits per heavy atom. The monoisotopic (exact) mass is 380 g/mol. The van der Waals surface area contributed by atoms with Crippen molar-refractivity contribution in [2.24, 2.45) is 0 Å². The Morgan fingerprint density at radius 3 is 2.77 bits per heavy atom. The first kappa shape index (κ1) is 19.9. The lowest BCUT2D eigenvalue weighted by atomic mass is 9.92. The van der Waals surface area contributed by atoms with Gasteiger partial charge < -0.3 is 20.3 Å². The number of carbonyl (C=O) groups excluding carboxylic acids is 2. The highest BCUT2D eigenvalue weighted by atomic mass is 32.1. The first-order chi connectivity index (χ1) is 12.3. The predicted molar refractivity (Wildman–Crippen MR) is 102 cm³/mol. The summed E-state index contributed by atoms with van der Waals surface area (Å²) in [6.45, 7) is 3.31. The standard InChI is InChI=1S/C17H25N5O3S/c1-17(12-7-5-8-13(11-12)25-4)14(23)22(16(24)19-17)20-15(26)18-9-6-10-21(2)3/h5,7-8,11H,6,9-10H2,1-4H3,(H,19,24)(H2,18,20,26)/p+1/t17-/m0/s1. The quantitative estimate of drug-likeness (QED) is 0.286. The fourth-order valence-electron chi connectivity index (χ4n) is 2.66. The summed E-state index contributed by atoms with van der Waals surface area (Å²) in [5, 5.41) is 6.86. The summed E-state index contributed by atoms with van der Waals surface area (Å²) in [5.74, 6) is 0.176. The predicted octanol–water partition coefficient (Wildman–Crippen LogP) is -0.624. The first-order valence-corrected chi connectivity index (χ1v) is 8.83. The number of methoxy groups -OCH3 is 1. The fourth-order valence-corrected chi connectivity index (χ4v) is 2.85. The molecule has 0 saturated carbocycles. The van der Waals surface area contributed by atoms with E-state index < -0.39 is 17.5 Å². The summed E-state index contributed by atoms with van der Waals surface area (Å²) in [6.07, 6.45) is 0.922. The van der Waals surface area contributed by atoms with E-state index in [1.807, 2.05) is 0 Å². The Morgan fingerprint density at radius 2 is 2.12 bits per heavy atom. The van der Waals surface area contributed by atoms with Gasteiger partial charge >= 0.3 is 6.03 Å². The van der Waals surface area contributed by atoms with Crippen LogP contribution in [0.15, 0.2) is 24.3 Å². The summed E-state index contributed by atoms with van der Waals surface area (Å²) in [4.78, 5) is 26.5. The molecule has 1 fully saturated rings. The highest BCUT2D eigenvalue weighted by Crippen LogP contribution is 2.30. The largest absolute Gasteiger partial charge is 0.497 e. The molecule has 0 unspecified atom stereocenters. The highest BCUT2D eigenvalue weighted by molar-refractivity contribution is 7.80. The van der Waals surface area contributed by atoms with Crippen molar-refractivity contribution < 1.29 is 19.2 Å². The van der Waals surface area contributed by atoms with Crippen LogP contribution in [0.5, 0.6) is 5.75 Å². The van der Waals surface area contributed by atoms with E-state index in [2.05, 4.69) is 30.2 Å². The van der Waals surface area contributed by atoms with Crippen LogP contribution < -0.4 is 25.7 Å². The van der Waals surface area contributed by atoms with Crippen LogP contribution in [0.1, 0.15) is 18.9 Å². The van der Waals surface area contributed by atoms with E-state index in [0.717, 1.165) is 18.0 Å². The zero-order chi connectivity index (χ0) is 19.3. The van der Waals surface area contributed by atoms with Crippen LogP contribution in [0.3, 0.4) is 0 Å². The molecule has 1 atom stereocenters. The molecule has 1 aromatic carbocycles. The van der Waals surface area contributed by atoms with Crippen molar-refractivity contribution in [2.75, 3.05) is 34.3 Å². The number of hydrazine groups is 1. The number of ether oxygens (including phenoxy) is 1. The number of thiocarbonyl (C=S) groups is 1. The maximum absolute atomic E-state index is 12.8. The number of urea groups is 1. The Labute approximate surface area is 158 Å². The Bertz CT molecular complexity index is 697. The Kier molecular flexibility index (Phi) is 6.38. The van der Waals surface area contributed by atoms with Crippen LogP contribution in [0, 0.1) is 0 Å². The molecule has 0 aromatic heterocycles. The molecular formula is C17H26N5O3S+. The van der Waals surface area contributed by atoms with Gasteiger partial charge in [0.25, 0.3) is 5.91 Å². The summed E-state index contributed by atoms with van der Waals surface area (Å²) >= 11 is 5.18. The summed E-state index contributed by atoms with van der Waals surface area (Å²) in [7, 11) is 5.69. The van der Waals surface area contributed by atoms with Crippen LogP contribution in [0.2, 0.25) is 0 Å². The number of benzene rings is 1. The molecule has 0 aliphatic carbocycles. The molecule has 1 aliphatic rings. The molecule has 142 valence electrons. The molecule has 1 saturated heterocycles. The zero-order valence-corrected chi connectivity index (χ0v) is 16.3. The van der Waals surface area contributed by atoms with Gasteiger partial charge in [0.15, 0.2) is 5.11 Å². The number of carbonyl (C=O) groups is 2. The second kappa shape index (κ2) is 8.33. The average molecular weight is 380 g/mol. The normalized spacial score (nSPS) is 19.5. The number of hydrogen-bond donors (Lipinski definition) is 4. The number of imide groups is 1. The maximum atomic E-state index is 12.8. The van der Waals surface area contributed by atoms with Crippen molar-refractivity contribution in [3.8, 4) is 5.75 Å². The number of hydrogen-bond acceptors (Lipinski definition) is 4. The highest BCUT2D eigenvalue weighted by Gasteiger charge is 2.49. The molecule has 1 heterocycles. The van der Waals surface area contributed by atoms with E-state index in [9.17, 15) is 9.59 Å². The van der Waals surface area contributed by atoms with Crippen LogP contribution in [0.25, 0.3) is 0 Å². The van der Waals surface area contributed by atoms with Gasteiger partial charge in [-0.15, -0.1) is 0 Å². The topological polar surface area (TPSA) is 87.1 Å². The van der Waals surface area contributed by atoms with Crippen molar-refractivity contribution in [3.05, 3.63) is 29.8 Å². The molecule has 4 N–H and O–H groups in total. The molecule has 0 bridgehead atoms. The van der Waals surface area contributed by atoms with Gasteiger partial charge in [-0.2, -0.15) is 5.01 Å². The van der Waals surface area contributed by atoms with Crippen LogP contribution in [0.4, 0.5) is 4.79 Å². The van der Waals surface area contributed by atoms with Crippen molar-refractivity contribution in [2.45, 2.75) is 18.9 Å². The maximum Gasteiger partial charge on any atom is 0.344 e. The number of nitrogens with one attached hydrogen (secondary N) is 4. The Hall–Kier alpha value is -2.39. The number of rotatable bonds is 7. The first-order valence-electron chi connectivity index (χ1n) is 8.42. The molecule has 9 heteroatoms. The zero-order valence-electron chi connectivity index (χ0n) is 15.5. The smallest absolute Gasteiger partial charge is 0.344 e. The van der Waals surface area contributed by atoms with E-state index >= 15 is 0 Å². The van der Waals surface area contributed by atoms with Crippen molar-refractivity contribution >= 4 is 29.3 Å². The lowest BCUT2D eigenvalue weighted by Crippen LogP contribution is -3.05. The van der Waals surface area contributed by atoms with Crippen LogP contribution >= 0.6 is 12.2 Å². The SMILES string of the molecule is COc1cccc([C@]2(C)NC(=O)N(NC(=S)NCCC[NH+](C)C)C2=O)c1. The van der Waals surface area contributed by atoms with Gasteiger partial charge in [-0.3, -0.25) is 10.2 Å². The van der Waals surface area contributed by atoms with Crippen molar-refractivity contribution in [1.82, 2.24) is 21.1 Å². The van der Waals surface area contributed by atoms with Gasteiger partial charge in [0.2, 0.25) is 0 Å². The molecule has 1 aromatic rings. The van der Waals surface area contributed by atoms with Crippen LogP contribution in [-0.4, -0.2) is 56.4 Å². The van der Waals surface area contributed by atoms with Gasteiger partial charge in [-0.25, -0.2) is 4.79 Å². The number of amides is 3. The Balaban J connectivity index is 2.02. The summed E-state index contributed by atoms with van der Waals surface area (Å²) in [5.41, 5.74) is 2.11. The third kappa shape index (κ3) is 4.41. The molecule has 2 rings (SSSR count). The lowest BCUT2D eigenvalue weighted by molar-refractivity contribution is -0.858. The van der Waals surface area contributed by atoms with Gasteiger partial charge in [0.05, 0.1) is 27.7 Å². The minimum atomic E-state index is -1.19. The molecule has 0 spiro atoms. The minimum Gasteiger partial charge on any atom is -0.497 e. The van der Waals surface area contributed by atoms with Gasteiger partial charge in [0.1, 0.15) is 11.3 Å². The fraction of sp³-hybridized carbons (Fsp3) is 0.471. The number of quaternary nitrogens is 1. The molecule has 1 aliphatic heterocycles. The van der Waals surface area contributed by atoms with Gasteiger partial charge in [-0.05, 0) is 36.8 Å². The van der Waals surface area contributed by atoms with Gasteiger partial charge in [-0.1, -0.05) is 12.1 Å². The third-order valence-electron chi connectivity index (χ3n) is 4.19. The van der Waals surface area contributed by atoms with E-state index in [1.54, 1.807) is 38.3 Å². The van der Waals surface area contributed by atoms with E-state index in [4.69, 9.17) is 17.0 Å². The van der Waals surface area contributed by atoms with Crippen molar-refractivity contribution in [1.29, 1.82) is 0 Å². The van der Waals surface area contributed by atoms with E-state index in [0.29, 0.717) is 17.9 Å². The summed E-state index contributed by atoms with van der Waals surface area (Å²) < 4.78 is 5.20. The molecule has 8 nitrogen and oxygen atoms in total. The second-order valence-electron chi connectivity index (χ2n) is 6.61.